The van der Waals surface area contributed by atoms with Crippen LogP contribution < -0.4 is 5.32 Å². The van der Waals surface area contributed by atoms with Gasteiger partial charge in [-0.1, -0.05) is 0 Å². The van der Waals surface area contributed by atoms with E-state index < -0.39 is 0 Å². The maximum absolute atomic E-state index is 5.49. The van der Waals surface area contributed by atoms with E-state index in [4.69, 9.17) is 18.9 Å². The molecule has 116 valence electrons. The molecule has 0 spiro atoms. The number of hydrogen-bond acceptors (Lipinski definition) is 5. The predicted octanol–water partition coefficient (Wildman–Crippen LogP) is 1.46. The van der Waals surface area contributed by atoms with E-state index >= 15 is 0 Å². The Kier molecular flexibility index (Phi) is 17.6. The third-order valence-corrected chi connectivity index (χ3v) is 2.53. The standard InChI is InChI=1S/C14H31NO4/c1-3-17-9-5-4-7-15-8-12-18-10-6-11-19-14-13-16-2/h15H,3-14H2,1-2H3. The van der Waals surface area contributed by atoms with Gasteiger partial charge in [-0.15, -0.1) is 0 Å². The van der Waals surface area contributed by atoms with Gasteiger partial charge in [-0.2, -0.15) is 0 Å². The average molecular weight is 277 g/mol. The highest BCUT2D eigenvalue weighted by molar-refractivity contribution is 4.47. The van der Waals surface area contributed by atoms with Crippen molar-refractivity contribution in [1.29, 1.82) is 0 Å². The lowest BCUT2D eigenvalue weighted by Gasteiger charge is -2.07. The molecule has 0 unspecified atom stereocenters. The summed E-state index contributed by atoms with van der Waals surface area (Å²) in [6.07, 6.45) is 3.23. The molecule has 1 N–H and O–H groups in total. The van der Waals surface area contributed by atoms with Crippen LogP contribution in [0.4, 0.5) is 0 Å². The molecule has 0 amide bonds. The van der Waals surface area contributed by atoms with E-state index in [-0.39, 0.29) is 0 Å². The van der Waals surface area contributed by atoms with E-state index in [1.807, 2.05) is 6.92 Å². The summed E-state index contributed by atoms with van der Waals surface area (Å²) in [6.45, 7) is 9.27. The van der Waals surface area contributed by atoms with Gasteiger partial charge in [0.05, 0.1) is 19.8 Å². The zero-order valence-corrected chi connectivity index (χ0v) is 12.6. The van der Waals surface area contributed by atoms with Crippen molar-refractivity contribution < 1.29 is 18.9 Å². The summed E-state index contributed by atoms with van der Waals surface area (Å²) in [6, 6.07) is 0. The van der Waals surface area contributed by atoms with E-state index in [9.17, 15) is 0 Å². The Morgan fingerprint density at radius 2 is 1.42 bits per heavy atom. The molecule has 0 saturated carbocycles. The Morgan fingerprint density at radius 3 is 2.16 bits per heavy atom. The highest BCUT2D eigenvalue weighted by atomic mass is 16.5. The van der Waals surface area contributed by atoms with E-state index in [2.05, 4.69) is 5.32 Å². The molecular weight excluding hydrogens is 246 g/mol. The van der Waals surface area contributed by atoms with Crippen LogP contribution in [0.25, 0.3) is 0 Å². The van der Waals surface area contributed by atoms with Crippen LogP contribution in [-0.4, -0.2) is 66.4 Å². The monoisotopic (exact) mass is 277 g/mol. The number of methoxy groups -OCH3 is 1. The van der Waals surface area contributed by atoms with Crippen LogP contribution in [0.2, 0.25) is 0 Å². The highest BCUT2D eigenvalue weighted by Crippen LogP contribution is 1.88. The van der Waals surface area contributed by atoms with E-state index in [1.165, 1.54) is 0 Å². The Labute approximate surface area is 117 Å². The fourth-order valence-corrected chi connectivity index (χ4v) is 1.48. The number of rotatable bonds is 16. The van der Waals surface area contributed by atoms with Crippen molar-refractivity contribution in [1.82, 2.24) is 5.32 Å². The Morgan fingerprint density at radius 1 is 0.684 bits per heavy atom. The first kappa shape index (κ1) is 18.8. The maximum atomic E-state index is 5.49. The van der Waals surface area contributed by atoms with Crippen LogP contribution in [0.3, 0.4) is 0 Å². The number of hydrogen-bond donors (Lipinski definition) is 1. The molecule has 0 aromatic heterocycles. The molecule has 19 heavy (non-hydrogen) atoms. The second-order valence-electron chi connectivity index (χ2n) is 4.23. The van der Waals surface area contributed by atoms with Gasteiger partial charge < -0.3 is 24.3 Å². The predicted molar refractivity (Wildman–Crippen MR) is 76.7 cm³/mol. The minimum Gasteiger partial charge on any atom is -0.382 e. The van der Waals surface area contributed by atoms with Crippen LogP contribution in [0.5, 0.6) is 0 Å². The number of ether oxygens (including phenoxy) is 4. The quantitative estimate of drug-likeness (QED) is 0.433. The minimum atomic E-state index is 0.661. The summed E-state index contributed by atoms with van der Waals surface area (Å²) in [5, 5.41) is 3.35. The van der Waals surface area contributed by atoms with Crippen LogP contribution in [0, 0.1) is 0 Å². The molecule has 0 aliphatic rings. The summed E-state index contributed by atoms with van der Waals surface area (Å²) in [4.78, 5) is 0. The molecule has 0 bridgehead atoms. The topological polar surface area (TPSA) is 49.0 Å². The first-order valence-corrected chi connectivity index (χ1v) is 7.34. The Balaban J connectivity index is 2.88. The van der Waals surface area contributed by atoms with Gasteiger partial charge in [0.2, 0.25) is 0 Å². The average Bonchev–Trinajstić information content (AvgIpc) is 2.43. The van der Waals surface area contributed by atoms with Gasteiger partial charge in [-0.3, -0.25) is 0 Å². The largest absolute Gasteiger partial charge is 0.382 e. The number of unbranched alkanes of at least 4 members (excludes halogenated alkanes) is 1. The van der Waals surface area contributed by atoms with E-state index in [0.29, 0.717) is 13.2 Å². The molecule has 0 saturated heterocycles. The van der Waals surface area contributed by atoms with Crippen LogP contribution in [-0.2, 0) is 18.9 Å². The number of nitrogens with one attached hydrogen (secondary N) is 1. The van der Waals surface area contributed by atoms with Crippen molar-refractivity contribution in [3.63, 3.8) is 0 Å². The molecule has 0 aliphatic carbocycles. The van der Waals surface area contributed by atoms with E-state index in [1.54, 1.807) is 7.11 Å². The molecule has 0 atom stereocenters. The molecule has 0 fully saturated rings. The normalized spacial score (nSPS) is 11.1. The van der Waals surface area contributed by atoms with Gasteiger partial charge in [0.1, 0.15) is 0 Å². The van der Waals surface area contributed by atoms with Gasteiger partial charge in [-0.25, -0.2) is 0 Å². The fraction of sp³-hybridized carbons (Fsp3) is 1.00. The fourth-order valence-electron chi connectivity index (χ4n) is 1.48. The van der Waals surface area contributed by atoms with Crippen molar-refractivity contribution in [2.75, 3.05) is 66.4 Å². The third-order valence-electron chi connectivity index (χ3n) is 2.53. The summed E-state index contributed by atoms with van der Waals surface area (Å²) < 4.78 is 21.0. The van der Waals surface area contributed by atoms with Crippen LogP contribution in [0.15, 0.2) is 0 Å². The molecule has 5 nitrogen and oxygen atoms in total. The first-order valence-electron chi connectivity index (χ1n) is 7.34. The molecule has 5 heteroatoms. The Bertz CT molecular complexity index is 142. The highest BCUT2D eigenvalue weighted by Gasteiger charge is 1.92. The van der Waals surface area contributed by atoms with Gasteiger partial charge in [0, 0.05) is 40.1 Å². The lowest BCUT2D eigenvalue weighted by Crippen LogP contribution is -2.21. The van der Waals surface area contributed by atoms with Crippen molar-refractivity contribution in [2.45, 2.75) is 26.2 Å². The summed E-state index contributed by atoms with van der Waals surface area (Å²) in [5.74, 6) is 0. The maximum Gasteiger partial charge on any atom is 0.0700 e. The van der Waals surface area contributed by atoms with Crippen LogP contribution in [0.1, 0.15) is 26.2 Å². The van der Waals surface area contributed by atoms with Gasteiger partial charge in [0.15, 0.2) is 0 Å². The Hall–Kier alpha value is -0.200. The van der Waals surface area contributed by atoms with Gasteiger partial charge in [-0.05, 0) is 32.7 Å². The smallest absolute Gasteiger partial charge is 0.0700 e. The third kappa shape index (κ3) is 17.8. The molecule has 0 aromatic rings. The molecule has 0 heterocycles. The minimum absolute atomic E-state index is 0.661. The van der Waals surface area contributed by atoms with Gasteiger partial charge in [0.25, 0.3) is 0 Å². The molecule has 0 aromatic carbocycles. The SMILES string of the molecule is CCOCCCCNCCOCCCOCCOC. The molecule has 0 rings (SSSR count). The van der Waals surface area contributed by atoms with Crippen LogP contribution >= 0.6 is 0 Å². The van der Waals surface area contributed by atoms with Crippen molar-refractivity contribution >= 4 is 0 Å². The first-order chi connectivity index (χ1) is 9.41. The van der Waals surface area contributed by atoms with Crippen molar-refractivity contribution in [2.24, 2.45) is 0 Å². The second-order valence-corrected chi connectivity index (χ2v) is 4.23. The second kappa shape index (κ2) is 17.8. The molecular formula is C14H31NO4. The molecule has 0 radical (unpaired) electrons. The zero-order valence-electron chi connectivity index (χ0n) is 12.6. The van der Waals surface area contributed by atoms with Gasteiger partial charge >= 0.3 is 0 Å². The lowest BCUT2D eigenvalue weighted by molar-refractivity contribution is 0.0518. The zero-order chi connectivity index (χ0) is 14.0. The van der Waals surface area contributed by atoms with Crippen molar-refractivity contribution in [3.05, 3.63) is 0 Å². The van der Waals surface area contributed by atoms with E-state index in [0.717, 1.165) is 65.4 Å². The molecule has 0 aliphatic heterocycles. The summed E-state index contributed by atoms with van der Waals surface area (Å²) >= 11 is 0. The van der Waals surface area contributed by atoms with Crippen molar-refractivity contribution in [3.8, 4) is 0 Å². The lowest BCUT2D eigenvalue weighted by atomic mass is 10.3. The summed E-state index contributed by atoms with van der Waals surface area (Å²) in [5.41, 5.74) is 0. The summed E-state index contributed by atoms with van der Waals surface area (Å²) in [7, 11) is 1.68.